The predicted octanol–water partition coefficient (Wildman–Crippen LogP) is 2.32. The van der Waals surface area contributed by atoms with Crippen LogP contribution in [0.25, 0.3) is 0 Å². The summed E-state index contributed by atoms with van der Waals surface area (Å²) in [6, 6.07) is 7.93. The first-order chi connectivity index (χ1) is 13.0. The molecule has 7 nitrogen and oxygen atoms in total. The van der Waals surface area contributed by atoms with Gasteiger partial charge in [-0.1, -0.05) is 6.92 Å². The fourth-order valence-electron chi connectivity index (χ4n) is 3.46. The maximum atomic E-state index is 12.3. The van der Waals surface area contributed by atoms with Crippen LogP contribution in [0.15, 0.2) is 35.5 Å². The Kier molecular flexibility index (Phi) is 6.01. The lowest BCUT2D eigenvalue weighted by atomic mass is 9.99. The molecule has 0 saturated carbocycles. The molecule has 2 aliphatic heterocycles. The molecular formula is C20H26N2O5. The smallest absolute Gasteiger partial charge is 0.355 e. The maximum Gasteiger partial charge on any atom is 0.355 e. The van der Waals surface area contributed by atoms with Crippen molar-refractivity contribution in [1.29, 1.82) is 0 Å². The molecule has 0 spiro atoms. The molecule has 0 unspecified atom stereocenters. The number of carbonyl (C=O) groups is 2. The largest absolute Gasteiger partial charge is 0.466 e. The second-order valence-electron chi connectivity index (χ2n) is 6.90. The van der Waals surface area contributed by atoms with Crippen LogP contribution in [0.4, 0.5) is 11.4 Å². The Balaban J connectivity index is 1.87. The number of nitrogens with zero attached hydrogens (tertiary/aromatic N) is 2. The fourth-order valence-corrected chi connectivity index (χ4v) is 3.46. The summed E-state index contributed by atoms with van der Waals surface area (Å²) in [5.41, 5.74) is 2.23. The third-order valence-corrected chi connectivity index (χ3v) is 5.14. The third kappa shape index (κ3) is 4.08. The summed E-state index contributed by atoms with van der Waals surface area (Å²) >= 11 is 0. The summed E-state index contributed by atoms with van der Waals surface area (Å²) in [7, 11) is 2.57. The number of hydrogen-bond acceptors (Lipinski definition) is 7. The van der Waals surface area contributed by atoms with Crippen molar-refractivity contribution in [2.45, 2.75) is 19.8 Å². The zero-order valence-corrected chi connectivity index (χ0v) is 16.1. The minimum atomic E-state index is -0.598. The maximum absolute atomic E-state index is 12.3. The van der Waals surface area contributed by atoms with E-state index in [1.807, 2.05) is 24.3 Å². The molecule has 2 heterocycles. The quantitative estimate of drug-likeness (QED) is 0.749. The van der Waals surface area contributed by atoms with Crippen LogP contribution < -0.4 is 9.80 Å². The van der Waals surface area contributed by atoms with Crippen molar-refractivity contribution in [2.75, 3.05) is 50.4 Å². The van der Waals surface area contributed by atoms with Crippen LogP contribution in [0.2, 0.25) is 0 Å². The predicted molar refractivity (Wildman–Crippen MR) is 101 cm³/mol. The average molecular weight is 374 g/mol. The highest BCUT2D eigenvalue weighted by Crippen LogP contribution is 2.30. The number of hydrogen-bond donors (Lipinski definition) is 0. The Bertz CT molecular complexity index is 720. The van der Waals surface area contributed by atoms with E-state index in [9.17, 15) is 9.59 Å². The summed E-state index contributed by atoms with van der Waals surface area (Å²) in [6.45, 7) is 4.56. The molecule has 27 heavy (non-hydrogen) atoms. The van der Waals surface area contributed by atoms with Gasteiger partial charge in [0.25, 0.3) is 0 Å². The van der Waals surface area contributed by atoms with E-state index in [2.05, 4.69) is 11.8 Å². The van der Waals surface area contributed by atoms with Gasteiger partial charge in [0.2, 0.25) is 0 Å². The van der Waals surface area contributed by atoms with E-state index in [0.29, 0.717) is 0 Å². The van der Waals surface area contributed by atoms with Gasteiger partial charge in [-0.15, -0.1) is 0 Å². The van der Waals surface area contributed by atoms with E-state index in [0.717, 1.165) is 30.4 Å². The number of anilines is 2. The highest BCUT2D eigenvalue weighted by molar-refractivity contribution is 6.03. The van der Waals surface area contributed by atoms with Gasteiger partial charge in [-0.2, -0.15) is 0 Å². The lowest BCUT2D eigenvalue weighted by Crippen LogP contribution is -2.38. The molecule has 0 aromatic heterocycles. The summed E-state index contributed by atoms with van der Waals surface area (Å²) in [4.78, 5) is 28.4. The molecule has 0 amide bonds. The van der Waals surface area contributed by atoms with Crippen molar-refractivity contribution in [3.05, 3.63) is 35.5 Å². The zero-order valence-electron chi connectivity index (χ0n) is 16.1. The first-order valence-electron chi connectivity index (χ1n) is 9.15. The average Bonchev–Trinajstić information content (AvgIpc) is 2.72. The van der Waals surface area contributed by atoms with Crippen LogP contribution >= 0.6 is 0 Å². The zero-order chi connectivity index (χ0) is 19.4. The van der Waals surface area contributed by atoms with Gasteiger partial charge >= 0.3 is 11.9 Å². The third-order valence-electron chi connectivity index (χ3n) is 5.14. The SMILES string of the molecule is COC(=O)C1=C(C(=O)OC)N(c2ccc(N3CCC(C)CC3)cc2)COC1. The van der Waals surface area contributed by atoms with Crippen LogP contribution in [-0.2, 0) is 23.8 Å². The molecule has 0 radical (unpaired) electrons. The van der Waals surface area contributed by atoms with Crippen LogP contribution in [0.1, 0.15) is 19.8 Å². The number of benzene rings is 1. The van der Waals surface area contributed by atoms with E-state index in [1.165, 1.54) is 27.1 Å². The van der Waals surface area contributed by atoms with Crippen LogP contribution in [0.5, 0.6) is 0 Å². The summed E-state index contributed by atoms with van der Waals surface area (Å²) in [5, 5.41) is 0. The van der Waals surface area contributed by atoms with Crippen LogP contribution in [0, 0.1) is 5.92 Å². The van der Waals surface area contributed by atoms with Gasteiger partial charge in [0.05, 0.1) is 26.4 Å². The highest BCUT2D eigenvalue weighted by Gasteiger charge is 2.32. The number of rotatable bonds is 4. The topological polar surface area (TPSA) is 68.3 Å². The molecule has 0 atom stereocenters. The first kappa shape index (κ1) is 19.2. The molecule has 3 rings (SSSR count). The Morgan fingerprint density at radius 3 is 2.19 bits per heavy atom. The van der Waals surface area contributed by atoms with Gasteiger partial charge in [-0.25, -0.2) is 9.59 Å². The van der Waals surface area contributed by atoms with Gasteiger partial charge in [0.1, 0.15) is 12.4 Å². The number of piperidine rings is 1. The van der Waals surface area contributed by atoms with Gasteiger partial charge in [0, 0.05) is 24.5 Å². The highest BCUT2D eigenvalue weighted by atomic mass is 16.5. The van der Waals surface area contributed by atoms with E-state index in [4.69, 9.17) is 14.2 Å². The minimum absolute atomic E-state index is 0.0116. The van der Waals surface area contributed by atoms with Crippen molar-refractivity contribution in [3.63, 3.8) is 0 Å². The second kappa shape index (κ2) is 8.43. The van der Waals surface area contributed by atoms with Gasteiger partial charge in [-0.05, 0) is 43.0 Å². The van der Waals surface area contributed by atoms with Gasteiger partial charge in [-0.3, -0.25) is 0 Å². The first-order valence-corrected chi connectivity index (χ1v) is 9.15. The lowest BCUT2D eigenvalue weighted by molar-refractivity contribution is -0.140. The van der Waals surface area contributed by atoms with Crippen molar-refractivity contribution < 1.29 is 23.8 Å². The second-order valence-corrected chi connectivity index (χ2v) is 6.90. The molecule has 1 fully saturated rings. The summed E-state index contributed by atoms with van der Waals surface area (Å²) < 4.78 is 15.2. The molecular weight excluding hydrogens is 348 g/mol. The van der Waals surface area contributed by atoms with E-state index in [-0.39, 0.29) is 24.6 Å². The summed E-state index contributed by atoms with van der Waals surface area (Å²) in [6.07, 6.45) is 2.39. The fraction of sp³-hybridized carbons (Fsp3) is 0.500. The molecule has 7 heteroatoms. The normalized spacial score (nSPS) is 18.5. The van der Waals surface area contributed by atoms with E-state index >= 15 is 0 Å². The van der Waals surface area contributed by atoms with Crippen molar-refractivity contribution >= 4 is 23.3 Å². The standard InChI is InChI=1S/C20H26N2O5/c1-14-8-10-21(11-9-14)15-4-6-16(7-5-15)22-13-27-12-17(19(23)25-2)18(22)20(24)26-3/h4-7,14H,8-13H2,1-3H3. The molecule has 146 valence electrons. The molecule has 0 N–H and O–H groups in total. The van der Waals surface area contributed by atoms with Crippen molar-refractivity contribution in [1.82, 2.24) is 0 Å². The minimum Gasteiger partial charge on any atom is -0.466 e. The van der Waals surface area contributed by atoms with Crippen molar-refractivity contribution in [2.24, 2.45) is 5.92 Å². The monoisotopic (exact) mass is 374 g/mol. The molecule has 1 saturated heterocycles. The van der Waals surface area contributed by atoms with E-state index < -0.39 is 11.9 Å². The summed E-state index contributed by atoms with van der Waals surface area (Å²) in [5.74, 6) is -0.414. The Morgan fingerprint density at radius 2 is 1.59 bits per heavy atom. The Hall–Kier alpha value is -2.54. The molecule has 0 bridgehead atoms. The van der Waals surface area contributed by atoms with Crippen LogP contribution in [-0.4, -0.2) is 52.6 Å². The number of esters is 2. The Labute approximate surface area is 159 Å². The van der Waals surface area contributed by atoms with E-state index in [1.54, 1.807) is 4.90 Å². The van der Waals surface area contributed by atoms with Gasteiger partial charge in [0.15, 0.2) is 0 Å². The number of carbonyl (C=O) groups excluding carboxylic acids is 2. The molecule has 1 aromatic rings. The number of ether oxygens (including phenoxy) is 3. The molecule has 0 aliphatic carbocycles. The molecule has 2 aliphatic rings. The van der Waals surface area contributed by atoms with Crippen molar-refractivity contribution in [3.8, 4) is 0 Å². The van der Waals surface area contributed by atoms with Crippen LogP contribution in [0.3, 0.4) is 0 Å². The van der Waals surface area contributed by atoms with Gasteiger partial charge < -0.3 is 24.0 Å². The number of methoxy groups -OCH3 is 2. The molecule has 1 aromatic carbocycles. The lowest BCUT2D eigenvalue weighted by Gasteiger charge is -2.33. The Morgan fingerprint density at radius 1 is 1.00 bits per heavy atom.